The van der Waals surface area contributed by atoms with E-state index in [1.165, 1.54) is 54.6 Å². The molecule has 3 aromatic rings. The summed E-state index contributed by atoms with van der Waals surface area (Å²) in [5.41, 5.74) is -0.140. The number of carbonyl (C=O) groups is 3. The number of hydrogen-bond donors (Lipinski definition) is 2. The summed E-state index contributed by atoms with van der Waals surface area (Å²) in [6, 6.07) is 13.2. The number of para-hydroxylation sites is 1. The lowest BCUT2D eigenvalue weighted by atomic mass is 10.1. The van der Waals surface area contributed by atoms with Crippen molar-refractivity contribution in [3.63, 3.8) is 0 Å². The Bertz CT molecular complexity index is 1260. The molecule has 154 valence electrons. The van der Waals surface area contributed by atoms with Gasteiger partial charge in [0.05, 0.1) is 16.2 Å². The van der Waals surface area contributed by atoms with Gasteiger partial charge in [-0.15, -0.1) is 0 Å². The van der Waals surface area contributed by atoms with Crippen molar-refractivity contribution in [1.29, 1.82) is 0 Å². The number of phenolic OH excluding ortho intramolecular Hbond substituents is 1. The molecule has 10 heteroatoms. The van der Waals surface area contributed by atoms with Gasteiger partial charge < -0.3 is 9.52 Å². The second-order valence-corrected chi connectivity index (χ2v) is 6.45. The average molecular weight is 419 g/mol. The molecule has 1 aromatic heterocycles. The van der Waals surface area contributed by atoms with Gasteiger partial charge in [0.2, 0.25) is 0 Å². The number of nitrogens with one attached hydrogen (secondary N) is 1. The molecule has 1 aliphatic rings. The van der Waals surface area contributed by atoms with Crippen molar-refractivity contribution in [2.24, 2.45) is 0 Å². The smallest absolute Gasteiger partial charge is 0.335 e. The second-order valence-electron chi connectivity index (χ2n) is 6.45. The molecule has 2 heterocycles. The molecular weight excluding hydrogens is 406 g/mol. The monoisotopic (exact) mass is 419 g/mol. The lowest BCUT2D eigenvalue weighted by Crippen LogP contribution is -2.54. The highest BCUT2D eigenvalue weighted by atomic mass is 16.6. The molecule has 1 fully saturated rings. The molecule has 0 unspecified atom stereocenters. The first-order chi connectivity index (χ1) is 14.8. The van der Waals surface area contributed by atoms with E-state index in [0.29, 0.717) is 0 Å². The first-order valence-electron chi connectivity index (χ1n) is 8.89. The van der Waals surface area contributed by atoms with Crippen molar-refractivity contribution in [3.8, 4) is 17.1 Å². The van der Waals surface area contributed by atoms with Gasteiger partial charge in [-0.25, -0.2) is 9.69 Å². The summed E-state index contributed by atoms with van der Waals surface area (Å²) >= 11 is 0. The third-order valence-electron chi connectivity index (χ3n) is 4.49. The minimum atomic E-state index is -0.933. The number of amides is 4. The van der Waals surface area contributed by atoms with Gasteiger partial charge in [0.15, 0.2) is 0 Å². The van der Waals surface area contributed by atoms with E-state index in [2.05, 4.69) is 5.32 Å². The van der Waals surface area contributed by atoms with Crippen LogP contribution in [0.3, 0.4) is 0 Å². The lowest BCUT2D eigenvalue weighted by Gasteiger charge is -2.26. The summed E-state index contributed by atoms with van der Waals surface area (Å²) in [5, 5.41) is 22.7. The maximum absolute atomic E-state index is 12.8. The fourth-order valence-corrected chi connectivity index (χ4v) is 3.05. The third kappa shape index (κ3) is 3.65. The first-order valence-corrected chi connectivity index (χ1v) is 8.89. The van der Waals surface area contributed by atoms with Crippen LogP contribution < -0.4 is 10.2 Å². The molecule has 2 N–H and O–H groups in total. The quantitative estimate of drug-likeness (QED) is 0.286. The van der Waals surface area contributed by atoms with Gasteiger partial charge in [-0.05, 0) is 48.5 Å². The largest absolute Gasteiger partial charge is 0.508 e. The van der Waals surface area contributed by atoms with E-state index in [-0.39, 0.29) is 39.8 Å². The number of nitro benzene ring substituents is 1. The summed E-state index contributed by atoms with van der Waals surface area (Å²) < 4.78 is 5.59. The molecule has 4 amide bonds. The predicted molar refractivity (Wildman–Crippen MR) is 108 cm³/mol. The number of benzene rings is 2. The van der Waals surface area contributed by atoms with Crippen LogP contribution in [0.25, 0.3) is 17.4 Å². The number of phenols is 1. The number of nitro groups is 1. The van der Waals surface area contributed by atoms with Crippen LogP contribution in [0.15, 0.2) is 70.7 Å². The van der Waals surface area contributed by atoms with Crippen LogP contribution in [0.4, 0.5) is 16.2 Å². The zero-order valence-electron chi connectivity index (χ0n) is 15.6. The topological polar surface area (TPSA) is 143 Å². The van der Waals surface area contributed by atoms with Crippen molar-refractivity contribution >= 4 is 35.3 Å². The van der Waals surface area contributed by atoms with Crippen LogP contribution >= 0.6 is 0 Å². The number of hydrogen-bond acceptors (Lipinski definition) is 7. The predicted octanol–water partition coefficient (Wildman–Crippen LogP) is 3.23. The van der Waals surface area contributed by atoms with Gasteiger partial charge in [-0.2, -0.15) is 0 Å². The Kier molecular flexibility index (Phi) is 4.80. The number of carbonyl (C=O) groups excluding carboxylic acids is 3. The van der Waals surface area contributed by atoms with E-state index in [1.54, 1.807) is 6.07 Å². The second kappa shape index (κ2) is 7.59. The molecule has 0 aliphatic carbocycles. The van der Waals surface area contributed by atoms with Gasteiger partial charge in [0, 0.05) is 6.07 Å². The van der Waals surface area contributed by atoms with Crippen molar-refractivity contribution in [2.45, 2.75) is 0 Å². The molecule has 31 heavy (non-hydrogen) atoms. The van der Waals surface area contributed by atoms with E-state index in [4.69, 9.17) is 4.42 Å². The Labute approximate surface area is 174 Å². The number of rotatable bonds is 4. The summed E-state index contributed by atoms with van der Waals surface area (Å²) in [5.74, 6) is -1.59. The van der Waals surface area contributed by atoms with Gasteiger partial charge >= 0.3 is 6.03 Å². The van der Waals surface area contributed by atoms with E-state index in [0.717, 1.165) is 11.0 Å². The third-order valence-corrected chi connectivity index (χ3v) is 4.49. The molecule has 0 saturated carbocycles. The number of furan rings is 1. The van der Waals surface area contributed by atoms with E-state index < -0.39 is 22.8 Å². The van der Waals surface area contributed by atoms with E-state index in [9.17, 15) is 29.6 Å². The molecular formula is C21H13N3O7. The highest BCUT2D eigenvalue weighted by Crippen LogP contribution is 2.32. The number of imide groups is 2. The minimum Gasteiger partial charge on any atom is -0.508 e. The maximum atomic E-state index is 12.8. The summed E-state index contributed by atoms with van der Waals surface area (Å²) in [7, 11) is 0. The van der Waals surface area contributed by atoms with Crippen molar-refractivity contribution in [1.82, 2.24) is 5.32 Å². The molecule has 1 aliphatic heterocycles. The van der Waals surface area contributed by atoms with Crippen LogP contribution in [0.5, 0.6) is 5.75 Å². The molecule has 0 bridgehead atoms. The molecule has 10 nitrogen and oxygen atoms in total. The maximum Gasteiger partial charge on any atom is 0.335 e. The Morgan fingerprint density at radius 2 is 1.71 bits per heavy atom. The molecule has 0 spiro atoms. The number of nitrogens with zero attached hydrogens (tertiary/aromatic N) is 2. The Balaban J connectivity index is 1.69. The van der Waals surface area contributed by atoms with Crippen molar-refractivity contribution in [3.05, 3.63) is 82.1 Å². The number of aromatic hydroxyl groups is 1. The molecule has 0 radical (unpaired) electrons. The molecule has 2 aromatic carbocycles. The molecule has 0 atom stereocenters. The van der Waals surface area contributed by atoms with Crippen molar-refractivity contribution in [2.75, 3.05) is 4.90 Å². The van der Waals surface area contributed by atoms with Gasteiger partial charge in [0.1, 0.15) is 22.8 Å². The standard InChI is InChI=1S/C21H13N3O7/c25-13-7-5-12(6-8-13)23-20(27)16(19(26)22-21(23)28)11-14-9-10-18(31-14)15-3-1-2-4-17(15)24(29)30/h1-11,25H,(H,22,26,28)/b16-11-. The average Bonchev–Trinajstić information content (AvgIpc) is 3.21. The highest BCUT2D eigenvalue weighted by molar-refractivity contribution is 6.39. The van der Waals surface area contributed by atoms with Gasteiger partial charge in [0.25, 0.3) is 17.5 Å². The Hall–Kier alpha value is -4.73. The van der Waals surface area contributed by atoms with E-state index >= 15 is 0 Å². The zero-order chi connectivity index (χ0) is 22.1. The molecule has 4 rings (SSSR count). The number of urea groups is 1. The van der Waals surface area contributed by atoms with Crippen LogP contribution in [0.1, 0.15) is 5.76 Å². The SMILES string of the molecule is O=C1NC(=O)N(c2ccc(O)cc2)C(=O)/C1=C\c1ccc(-c2ccccc2[N+](=O)[O-])o1. The van der Waals surface area contributed by atoms with Gasteiger partial charge in [-0.3, -0.25) is 25.0 Å². The van der Waals surface area contributed by atoms with E-state index in [1.807, 2.05) is 0 Å². The lowest BCUT2D eigenvalue weighted by molar-refractivity contribution is -0.384. The van der Waals surface area contributed by atoms with Crippen LogP contribution in [0.2, 0.25) is 0 Å². The van der Waals surface area contributed by atoms with Crippen molar-refractivity contribution < 1.29 is 28.8 Å². The summed E-state index contributed by atoms with van der Waals surface area (Å²) in [6.45, 7) is 0. The van der Waals surface area contributed by atoms with Crippen LogP contribution in [0, 0.1) is 10.1 Å². The first kappa shape index (κ1) is 19.6. The minimum absolute atomic E-state index is 0.0569. The normalized spacial score (nSPS) is 15.3. The Morgan fingerprint density at radius 1 is 1.00 bits per heavy atom. The zero-order valence-corrected chi connectivity index (χ0v) is 15.6. The summed E-state index contributed by atoms with van der Waals surface area (Å²) in [6.07, 6.45) is 1.15. The number of barbiturate groups is 1. The highest BCUT2D eigenvalue weighted by Gasteiger charge is 2.37. The number of anilines is 1. The fourth-order valence-electron chi connectivity index (χ4n) is 3.05. The fraction of sp³-hybridized carbons (Fsp3) is 0. The summed E-state index contributed by atoms with van der Waals surface area (Å²) in [4.78, 5) is 48.7. The Morgan fingerprint density at radius 3 is 2.42 bits per heavy atom. The van der Waals surface area contributed by atoms with Gasteiger partial charge in [-0.1, -0.05) is 12.1 Å². The van der Waals surface area contributed by atoms with Crippen LogP contribution in [-0.2, 0) is 9.59 Å². The molecule has 1 saturated heterocycles. The van der Waals surface area contributed by atoms with Crippen LogP contribution in [-0.4, -0.2) is 27.9 Å².